The van der Waals surface area contributed by atoms with E-state index in [4.69, 9.17) is 10.5 Å². The van der Waals surface area contributed by atoms with Gasteiger partial charge in [0.1, 0.15) is 12.4 Å². The summed E-state index contributed by atoms with van der Waals surface area (Å²) in [4.78, 5) is 25.1. The molecule has 2 rings (SSSR count). The number of esters is 1. The van der Waals surface area contributed by atoms with E-state index in [2.05, 4.69) is 0 Å². The lowest BCUT2D eigenvalue weighted by Crippen LogP contribution is -2.38. The molecule has 1 aliphatic rings. The van der Waals surface area contributed by atoms with Crippen molar-refractivity contribution in [2.45, 2.75) is 25.8 Å². The molecule has 1 aromatic rings. The highest BCUT2D eigenvalue weighted by atomic mass is 19.1. The summed E-state index contributed by atoms with van der Waals surface area (Å²) in [6.07, 6.45) is 1.44. The minimum Gasteiger partial charge on any atom is -0.465 e. The number of amides is 1. The van der Waals surface area contributed by atoms with Gasteiger partial charge in [0, 0.05) is 6.04 Å². The van der Waals surface area contributed by atoms with Crippen LogP contribution in [0.2, 0.25) is 0 Å². The molecule has 0 atom stereocenters. The van der Waals surface area contributed by atoms with Gasteiger partial charge in [-0.15, -0.1) is 0 Å². The number of carbonyl (C=O) groups excluding carboxylic acids is 2. The lowest BCUT2D eigenvalue weighted by molar-refractivity contribution is -0.144. The van der Waals surface area contributed by atoms with Gasteiger partial charge in [-0.05, 0) is 31.9 Å². The molecule has 1 aromatic carbocycles. The summed E-state index contributed by atoms with van der Waals surface area (Å²) in [6, 6.07) is 1.44. The predicted molar refractivity (Wildman–Crippen MR) is 71.5 cm³/mol. The summed E-state index contributed by atoms with van der Waals surface area (Å²) < 4.78 is 32.0. The number of nitrogens with zero attached hydrogens (tertiary/aromatic N) is 1. The molecule has 0 spiro atoms. The normalized spacial score (nSPS) is 13.9. The molecule has 1 aliphatic carbocycles. The highest BCUT2D eigenvalue weighted by Crippen LogP contribution is 2.29. The molecule has 1 fully saturated rings. The largest absolute Gasteiger partial charge is 0.465 e. The minimum atomic E-state index is -0.976. The van der Waals surface area contributed by atoms with Crippen molar-refractivity contribution in [3.8, 4) is 0 Å². The number of benzene rings is 1. The van der Waals surface area contributed by atoms with E-state index in [-0.39, 0.29) is 19.2 Å². The molecule has 0 aliphatic heterocycles. The molecule has 114 valence electrons. The molecule has 1 saturated carbocycles. The van der Waals surface area contributed by atoms with Gasteiger partial charge < -0.3 is 15.4 Å². The van der Waals surface area contributed by atoms with Gasteiger partial charge in [0.25, 0.3) is 5.91 Å². The van der Waals surface area contributed by atoms with Crippen molar-refractivity contribution < 1.29 is 23.1 Å². The van der Waals surface area contributed by atoms with Crippen LogP contribution < -0.4 is 5.73 Å². The molecule has 5 nitrogen and oxygen atoms in total. The fourth-order valence-corrected chi connectivity index (χ4v) is 2.02. The molecule has 0 bridgehead atoms. The Labute approximate surface area is 120 Å². The highest BCUT2D eigenvalue weighted by Gasteiger charge is 2.36. The fourth-order valence-electron chi connectivity index (χ4n) is 2.02. The van der Waals surface area contributed by atoms with E-state index in [0.717, 1.165) is 25.0 Å². The average molecular weight is 298 g/mol. The quantitative estimate of drug-likeness (QED) is 0.663. The number of nitrogen functional groups attached to an aromatic ring is 1. The first-order valence-electron chi connectivity index (χ1n) is 6.65. The number of hydrogen-bond donors (Lipinski definition) is 1. The number of nitrogens with two attached hydrogens (primary N) is 1. The summed E-state index contributed by atoms with van der Waals surface area (Å²) in [5.41, 5.74) is 4.41. The highest BCUT2D eigenvalue weighted by molar-refractivity contribution is 5.97. The van der Waals surface area contributed by atoms with E-state index in [9.17, 15) is 18.4 Å². The molecule has 0 unspecified atom stereocenters. The van der Waals surface area contributed by atoms with Gasteiger partial charge in [0.05, 0.1) is 17.9 Å². The molecule has 7 heteroatoms. The second-order valence-corrected chi connectivity index (χ2v) is 4.83. The SMILES string of the molecule is CCOC(=O)CN(C(=O)c1cc(F)cc(N)c1F)C1CC1. The van der Waals surface area contributed by atoms with Crippen molar-refractivity contribution in [1.82, 2.24) is 4.90 Å². The molecule has 0 aromatic heterocycles. The van der Waals surface area contributed by atoms with Crippen LogP contribution in [0.1, 0.15) is 30.1 Å². The summed E-state index contributed by atoms with van der Waals surface area (Å²) >= 11 is 0. The van der Waals surface area contributed by atoms with Gasteiger partial charge in [-0.2, -0.15) is 0 Å². The number of ether oxygens (including phenoxy) is 1. The van der Waals surface area contributed by atoms with Gasteiger partial charge in [-0.3, -0.25) is 9.59 Å². The number of hydrogen-bond acceptors (Lipinski definition) is 4. The van der Waals surface area contributed by atoms with Crippen LogP contribution in [0.3, 0.4) is 0 Å². The second-order valence-electron chi connectivity index (χ2n) is 4.83. The van der Waals surface area contributed by atoms with Crippen LogP contribution >= 0.6 is 0 Å². The van der Waals surface area contributed by atoms with E-state index >= 15 is 0 Å². The minimum absolute atomic E-state index is 0.147. The van der Waals surface area contributed by atoms with Crippen LogP contribution in [0.25, 0.3) is 0 Å². The van der Waals surface area contributed by atoms with E-state index in [1.54, 1.807) is 6.92 Å². The standard InChI is InChI=1S/C14H16F2N2O3/c1-2-21-12(19)7-18(9-3-4-9)14(20)10-5-8(15)6-11(17)13(10)16/h5-6,9H,2-4,7,17H2,1H3. The average Bonchev–Trinajstić information content (AvgIpc) is 3.24. The summed E-state index contributed by atoms with van der Waals surface area (Å²) in [6.45, 7) is 1.55. The predicted octanol–water partition coefficient (Wildman–Crippen LogP) is 1.71. The third-order valence-corrected chi connectivity index (χ3v) is 3.15. The zero-order valence-electron chi connectivity index (χ0n) is 11.6. The van der Waals surface area contributed by atoms with Crippen molar-refractivity contribution in [2.75, 3.05) is 18.9 Å². The molecule has 0 radical (unpaired) electrons. The molecule has 1 amide bonds. The van der Waals surface area contributed by atoms with Crippen molar-refractivity contribution >= 4 is 17.6 Å². The van der Waals surface area contributed by atoms with Crippen molar-refractivity contribution in [2.24, 2.45) is 0 Å². The Balaban J connectivity index is 2.25. The third-order valence-electron chi connectivity index (χ3n) is 3.15. The van der Waals surface area contributed by atoms with Crippen molar-refractivity contribution in [3.05, 3.63) is 29.3 Å². The Kier molecular flexibility index (Phi) is 4.40. The fraction of sp³-hybridized carbons (Fsp3) is 0.429. The van der Waals surface area contributed by atoms with Crippen LogP contribution in [0.4, 0.5) is 14.5 Å². The van der Waals surface area contributed by atoms with Gasteiger partial charge in [0.2, 0.25) is 0 Å². The third kappa shape index (κ3) is 3.48. The lowest BCUT2D eigenvalue weighted by atomic mass is 10.1. The first-order valence-corrected chi connectivity index (χ1v) is 6.65. The number of halogens is 2. The molecule has 0 saturated heterocycles. The summed E-state index contributed by atoms with van der Waals surface area (Å²) in [5.74, 6) is -3.11. The molecular weight excluding hydrogens is 282 g/mol. The van der Waals surface area contributed by atoms with E-state index in [1.165, 1.54) is 4.90 Å². The monoisotopic (exact) mass is 298 g/mol. The van der Waals surface area contributed by atoms with Crippen LogP contribution in [-0.2, 0) is 9.53 Å². The lowest BCUT2D eigenvalue weighted by Gasteiger charge is -2.21. The molecule has 0 heterocycles. The van der Waals surface area contributed by atoms with Crippen molar-refractivity contribution in [3.63, 3.8) is 0 Å². The van der Waals surface area contributed by atoms with Gasteiger partial charge in [-0.25, -0.2) is 8.78 Å². The molecular formula is C14H16F2N2O3. The first-order chi connectivity index (χ1) is 9.93. The molecule has 2 N–H and O–H groups in total. The Morgan fingerprint density at radius 3 is 2.62 bits per heavy atom. The van der Waals surface area contributed by atoms with Crippen LogP contribution in [0, 0.1) is 11.6 Å². The van der Waals surface area contributed by atoms with E-state index in [0.29, 0.717) is 0 Å². The number of carbonyl (C=O) groups is 2. The van der Waals surface area contributed by atoms with E-state index in [1.807, 2.05) is 0 Å². The Morgan fingerprint density at radius 2 is 2.05 bits per heavy atom. The Bertz CT molecular complexity index is 574. The summed E-state index contributed by atoms with van der Waals surface area (Å²) in [7, 11) is 0. The van der Waals surface area contributed by atoms with Gasteiger partial charge in [0.15, 0.2) is 5.82 Å². The summed E-state index contributed by atoms with van der Waals surface area (Å²) in [5, 5.41) is 0. The maximum Gasteiger partial charge on any atom is 0.325 e. The van der Waals surface area contributed by atoms with Crippen LogP contribution in [-0.4, -0.2) is 36.0 Å². The van der Waals surface area contributed by atoms with Crippen molar-refractivity contribution in [1.29, 1.82) is 0 Å². The maximum atomic E-state index is 13.9. The van der Waals surface area contributed by atoms with Crippen LogP contribution in [0.5, 0.6) is 0 Å². The number of rotatable bonds is 5. The topological polar surface area (TPSA) is 72.6 Å². The number of anilines is 1. The van der Waals surface area contributed by atoms with Crippen LogP contribution in [0.15, 0.2) is 12.1 Å². The van der Waals surface area contributed by atoms with Gasteiger partial charge in [-0.1, -0.05) is 0 Å². The zero-order chi connectivity index (χ0) is 15.6. The Hall–Kier alpha value is -2.18. The smallest absolute Gasteiger partial charge is 0.325 e. The Morgan fingerprint density at radius 1 is 1.38 bits per heavy atom. The second kappa shape index (κ2) is 6.07. The maximum absolute atomic E-state index is 13.9. The zero-order valence-corrected chi connectivity index (χ0v) is 11.6. The first kappa shape index (κ1) is 15.2. The van der Waals surface area contributed by atoms with Gasteiger partial charge >= 0.3 is 5.97 Å². The molecule has 21 heavy (non-hydrogen) atoms. The van der Waals surface area contributed by atoms with E-state index < -0.39 is 34.8 Å².